The average Bonchev–Trinajstić information content (AvgIpc) is 2.65. The van der Waals surface area contributed by atoms with Crippen molar-refractivity contribution >= 4 is 33.0 Å². The van der Waals surface area contributed by atoms with Crippen LogP contribution in [0.3, 0.4) is 0 Å². The lowest BCUT2D eigenvalue weighted by molar-refractivity contribution is 0.130. The van der Waals surface area contributed by atoms with Crippen molar-refractivity contribution in [3.05, 3.63) is 10.7 Å². The largest absolute Gasteiger partial charge is 0.391 e. The second-order valence-corrected chi connectivity index (χ2v) is 7.92. The highest BCUT2D eigenvalue weighted by Gasteiger charge is 2.28. The topological polar surface area (TPSA) is 79.3 Å². The summed E-state index contributed by atoms with van der Waals surface area (Å²) in [5.41, 5.74) is 0. The van der Waals surface area contributed by atoms with Crippen molar-refractivity contribution in [1.29, 1.82) is 0 Å². The Morgan fingerprint density at radius 1 is 1.39 bits per heavy atom. The van der Waals surface area contributed by atoms with Crippen molar-refractivity contribution in [1.82, 2.24) is 9.71 Å². The normalized spacial score (nSPS) is 25.9. The molecule has 0 radical (unpaired) electrons. The molecule has 0 saturated heterocycles. The Bertz CT molecular complexity index is 503. The first kappa shape index (κ1) is 14.2. The quantitative estimate of drug-likeness (QED) is 0.834. The molecule has 2 N–H and O–H groups in total. The summed E-state index contributed by atoms with van der Waals surface area (Å²) in [6.45, 7) is 0. The van der Waals surface area contributed by atoms with E-state index < -0.39 is 22.2 Å². The van der Waals surface area contributed by atoms with Gasteiger partial charge in [-0.1, -0.05) is 42.2 Å². The van der Waals surface area contributed by atoms with Crippen LogP contribution in [0.1, 0.15) is 32.1 Å². The van der Waals surface area contributed by atoms with Crippen molar-refractivity contribution in [2.75, 3.05) is 0 Å². The lowest BCUT2D eigenvalue weighted by Crippen LogP contribution is -2.42. The molecule has 102 valence electrons. The first-order valence-corrected chi connectivity index (χ1v) is 8.48. The van der Waals surface area contributed by atoms with E-state index in [1.807, 2.05) is 0 Å². The highest BCUT2D eigenvalue weighted by molar-refractivity contribution is 7.91. The van der Waals surface area contributed by atoms with Gasteiger partial charge in [-0.3, -0.25) is 0 Å². The van der Waals surface area contributed by atoms with Gasteiger partial charge in [0.1, 0.15) is 0 Å². The first-order chi connectivity index (χ1) is 8.49. The van der Waals surface area contributed by atoms with Gasteiger partial charge in [0.25, 0.3) is 10.0 Å². The zero-order valence-corrected chi connectivity index (χ0v) is 12.1. The fraction of sp³-hybridized carbons (Fsp3) is 0.700. The number of aliphatic hydroxyl groups is 1. The molecule has 0 spiro atoms. The summed E-state index contributed by atoms with van der Waals surface area (Å²) in [4.78, 5) is 3.72. The van der Waals surface area contributed by atoms with Crippen LogP contribution >= 0.6 is 22.9 Å². The Kier molecular flexibility index (Phi) is 4.60. The number of aliphatic hydroxyl groups excluding tert-OH is 1. The number of hydrogen-bond acceptors (Lipinski definition) is 5. The molecular weight excluding hydrogens is 296 g/mol. The molecule has 5 nitrogen and oxygen atoms in total. The van der Waals surface area contributed by atoms with Crippen LogP contribution in [0.25, 0.3) is 0 Å². The highest BCUT2D eigenvalue weighted by Crippen LogP contribution is 2.24. The van der Waals surface area contributed by atoms with Crippen LogP contribution < -0.4 is 4.72 Å². The van der Waals surface area contributed by atoms with Crippen molar-refractivity contribution in [2.45, 2.75) is 48.5 Å². The van der Waals surface area contributed by atoms with Crippen LogP contribution in [0, 0.1) is 0 Å². The maximum absolute atomic E-state index is 12.1. The van der Waals surface area contributed by atoms with E-state index in [1.165, 1.54) is 6.20 Å². The molecular formula is C10H15ClN2O3S2. The Hall–Kier alpha value is -0.210. The zero-order valence-electron chi connectivity index (χ0n) is 9.67. The summed E-state index contributed by atoms with van der Waals surface area (Å²) in [5.74, 6) is 0. The van der Waals surface area contributed by atoms with E-state index in [4.69, 9.17) is 11.6 Å². The third-order valence-corrected chi connectivity index (χ3v) is 6.07. The van der Waals surface area contributed by atoms with E-state index in [-0.39, 0.29) is 8.68 Å². The van der Waals surface area contributed by atoms with E-state index in [0.29, 0.717) is 12.8 Å². The second kappa shape index (κ2) is 5.83. The Balaban J connectivity index is 2.11. The lowest BCUT2D eigenvalue weighted by Gasteiger charge is -2.20. The summed E-state index contributed by atoms with van der Waals surface area (Å²) in [7, 11) is -3.63. The lowest BCUT2D eigenvalue weighted by atomic mass is 10.1. The number of sulfonamides is 1. The van der Waals surface area contributed by atoms with Crippen LogP contribution in [0.15, 0.2) is 10.4 Å². The number of aromatic nitrogens is 1. The molecule has 0 aromatic carbocycles. The molecule has 2 atom stereocenters. The highest BCUT2D eigenvalue weighted by atomic mass is 35.5. The fourth-order valence-electron chi connectivity index (χ4n) is 2.05. The third kappa shape index (κ3) is 3.42. The minimum absolute atomic E-state index is 0.0870. The van der Waals surface area contributed by atoms with Gasteiger partial charge in [-0.2, -0.15) is 0 Å². The zero-order chi connectivity index (χ0) is 13.2. The number of nitrogens with zero attached hydrogens (tertiary/aromatic N) is 1. The number of halogens is 1. The van der Waals surface area contributed by atoms with Crippen molar-refractivity contribution in [2.24, 2.45) is 0 Å². The van der Waals surface area contributed by atoms with Gasteiger partial charge in [0.2, 0.25) is 0 Å². The molecule has 2 unspecified atom stereocenters. The van der Waals surface area contributed by atoms with E-state index in [9.17, 15) is 13.5 Å². The van der Waals surface area contributed by atoms with Gasteiger partial charge < -0.3 is 5.11 Å². The Labute approximate surface area is 115 Å². The number of rotatable bonds is 3. The minimum atomic E-state index is -3.63. The monoisotopic (exact) mass is 310 g/mol. The van der Waals surface area contributed by atoms with Gasteiger partial charge >= 0.3 is 0 Å². The molecule has 2 rings (SSSR count). The predicted octanol–water partition coefficient (Wildman–Crippen LogP) is 1.77. The molecule has 1 aromatic heterocycles. The molecule has 8 heteroatoms. The molecule has 1 fully saturated rings. The summed E-state index contributed by atoms with van der Waals surface area (Å²) in [5, 5.41) is 9.90. The molecule has 0 bridgehead atoms. The average molecular weight is 311 g/mol. The smallest absolute Gasteiger partial charge is 0.252 e. The van der Waals surface area contributed by atoms with Gasteiger partial charge in [-0.25, -0.2) is 18.1 Å². The molecule has 1 aromatic rings. The number of hydrogen-bond donors (Lipinski definition) is 2. The number of nitrogens with one attached hydrogen (secondary N) is 1. The molecule has 1 saturated carbocycles. The van der Waals surface area contributed by atoms with Gasteiger partial charge in [-0.15, -0.1) is 0 Å². The van der Waals surface area contributed by atoms with E-state index >= 15 is 0 Å². The van der Waals surface area contributed by atoms with Crippen LogP contribution in [0.2, 0.25) is 4.47 Å². The summed E-state index contributed by atoms with van der Waals surface area (Å²) in [6, 6.07) is -0.418. The SMILES string of the molecule is O=S(=O)(NC1CCCCCC1O)c1cnc(Cl)s1. The number of thiazole rings is 1. The van der Waals surface area contributed by atoms with Crippen molar-refractivity contribution < 1.29 is 13.5 Å². The third-order valence-electron chi connectivity index (χ3n) is 3.01. The standard InChI is InChI=1S/C10H15ClN2O3S2/c11-10-12-6-9(17-10)18(15,16)13-7-4-2-1-3-5-8(7)14/h6-8,13-14H,1-5H2. The molecule has 1 aliphatic carbocycles. The van der Waals surface area contributed by atoms with Crippen molar-refractivity contribution in [3.8, 4) is 0 Å². The molecule has 18 heavy (non-hydrogen) atoms. The van der Waals surface area contributed by atoms with Gasteiger partial charge in [0.15, 0.2) is 8.68 Å². The second-order valence-electron chi connectivity index (χ2n) is 4.37. The van der Waals surface area contributed by atoms with E-state index in [0.717, 1.165) is 30.6 Å². The fourth-order valence-corrected chi connectivity index (χ4v) is 4.66. The summed E-state index contributed by atoms with van der Waals surface area (Å²) in [6.07, 6.45) is 4.80. The van der Waals surface area contributed by atoms with Gasteiger partial charge in [-0.05, 0) is 12.8 Å². The maximum Gasteiger partial charge on any atom is 0.252 e. The van der Waals surface area contributed by atoms with Gasteiger partial charge in [0.05, 0.1) is 12.3 Å². The molecule has 0 amide bonds. The minimum Gasteiger partial charge on any atom is -0.391 e. The van der Waals surface area contributed by atoms with Crippen LogP contribution in [0.4, 0.5) is 0 Å². The first-order valence-electron chi connectivity index (χ1n) is 5.81. The summed E-state index contributed by atoms with van der Waals surface area (Å²) >= 11 is 6.54. The summed E-state index contributed by atoms with van der Waals surface area (Å²) < 4.78 is 26.9. The Morgan fingerprint density at radius 3 is 2.78 bits per heavy atom. The predicted molar refractivity (Wildman–Crippen MR) is 70.3 cm³/mol. The maximum atomic E-state index is 12.1. The van der Waals surface area contributed by atoms with Crippen molar-refractivity contribution in [3.63, 3.8) is 0 Å². The van der Waals surface area contributed by atoms with E-state index in [2.05, 4.69) is 9.71 Å². The van der Waals surface area contributed by atoms with Gasteiger partial charge in [0, 0.05) is 6.04 Å². The Morgan fingerprint density at radius 2 is 2.11 bits per heavy atom. The van der Waals surface area contributed by atoms with Crippen LogP contribution in [-0.4, -0.2) is 30.7 Å². The molecule has 0 aliphatic heterocycles. The molecule has 1 aliphatic rings. The molecule has 1 heterocycles. The van der Waals surface area contributed by atoms with Crippen LogP contribution in [0.5, 0.6) is 0 Å². The van der Waals surface area contributed by atoms with E-state index in [1.54, 1.807) is 0 Å². The van der Waals surface area contributed by atoms with Crippen LogP contribution in [-0.2, 0) is 10.0 Å².